The maximum Gasteiger partial charge on any atom is 0.331 e. The standard InChI is InChI=1S/C29H36O6/c1-26(15-13-21-16-25(31)33-18-21)22-10-7-14-29(19-34-29)28(22,3)23(17-27(26,2)32)35-24(30)12-11-20-8-5-4-6-9-20/h4-6,8-9,11-12,16,22-23,32H,7,10,13-15,17-19H2,1-3H3/b12-11+/t22-,23+,26+,27+,28+,29+/m1/s1. The minimum absolute atomic E-state index is 0.101. The maximum atomic E-state index is 13.0. The molecule has 2 aliphatic heterocycles. The third-order valence-corrected chi connectivity index (χ3v) is 9.68. The lowest BCUT2D eigenvalue weighted by molar-refractivity contribution is -0.250. The molecule has 5 rings (SSSR count). The van der Waals surface area contributed by atoms with E-state index in [-0.39, 0.29) is 17.5 Å². The van der Waals surface area contributed by atoms with Crippen LogP contribution in [0.2, 0.25) is 0 Å². The summed E-state index contributed by atoms with van der Waals surface area (Å²) >= 11 is 0. The number of carbonyl (C=O) groups excluding carboxylic acids is 2. The fourth-order valence-corrected chi connectivity index (χ4v) is 7.19. The zero-order chi connectivity index (χ0) is 24.9. The van der Waals surface area contributed by atoms with Gasteiger partial charge in [0.25, 0.3) is 0 Å². The van der Waals surface area contributed by atoms with Gasteiger partial charge in [0.1, 0.15) is 18.3 Å². The summed E-state index contributed by atoms with van der Waals surface area (Å²) < 4.78 is 17.4. The number of aliphatic hydroxyl groups is 1. The Morgan fingerprint density at radius 2 is 1.97 bits per heavy atom. The van der Waals surface area contributed by atoms with E-state index < -0.39 is 28.5 Å². The van der Waals surface area contributed by atoms with Gasteiger partial charge in [-0.2, -0.15) is 0 Å². The van der Waals surface area contributed by atoms with E-state index in [4.69, 9.17) is 14.2 Å². The van der Waals surface area contributed by atoms with Gasteiger partial charge in [-0.15, -0.1) is 0 Å². The largest absolute Gasteiger partial charge is 0.458 e. The molecule has 1 aromatic carbocycles. The van der Waals surface area contributed by atoms with Crippen LogP contribution in [-0.4, -0.2) is 47.6 Å². The first-order chi connectivity index (χ1) is 16.6. The van der Waals surface area contributed by atoms with Gasteiger partial charge in [0, 0.05) is 29.4 Å². The number of hydrogen-bond donors (Lipinski definition) is 1. The smallest absolute Gasteiger partial charge is 0.331 e. The van der Waals surface area contributed by atoms with Crippen molar-refractivity contribution in [1.82, 2.24) is 0 Å². The molecule has 0 radical (unpaired) electrons. The predicted octanol–water partition coefficient (Wildman–Crippen LogP) is 4.61. The van der Waals surface area contributed by atoms with Crippen LogP contribution in [0.3, 0.4) is 0 Å². The van der Waals surface area contributed by atoms with Crippen molar-refractivity contribution in [3.8, 4) is 0 Å². The van der Waals surface area contributed by atoms with Gasteiger partial charge in [0.15, 0.2) is 0 Å². The van der Waals surface area contributed by atoms with Gasteiger partial charge >= 0.3 is 11.9 Å². The first-order valence-corrected chi connectivity index (χ1v) is 12.8. The summed E-state index contributed by atoms with van der Waals surface area (Å²) in [6, 6.07) is 9.66. The lowest BCUT2D eigenvalue weighted by Crippen LogP contribution is -2.69. The maximum absolute atomic E-state index is 13.0. The molecule has 2 aliphatic carbocycles. The van der Waals surface area contributed by atoms with E-state index >= 15 is 0 Å². The van der Waals surface area contributed by atoms with Gasteiger partial charge in [0.05, 0.1) is 12.2 Å². The molecule has 1 spiro atoms. The molecule has 188 valence electrons. The van der Waals surface area contributed by atoms with Crippen LogP contribution < -0.4 is 0 Å². The second-order valence-corrected chi connectivity index (χ2v) is 11.5. The highest BCUT2D eigenvalue weighted by Crippen LogP contribution is 2.69. The molecule has 6 heteroatoms. The van der Waals surface area contributed by atoms with Crippen molar-refractivity contribution in [1.29, 1.82) is 0 Å². The van der Waals surface area contributed by atoms with Crippen molar-refractivity contribution < 1.29 is 28.9 Å². The first-order valence-electron chi connectivity index (χ1n) is 12.8. The summed E-state index contributed by atoms with van der Waals surface area (Å²) in [5, 5.41) is 11.9. The minimum atomic E-state index is -1.05. The first kappa shape index (κ1) is 24.3. The molecule has 1 saturated heterocycles. The van der Waals surface area contributed by atoms with E-state index in [1.165, 1.54) is 6.08 Å². The summed E-state index contributed by atoms with van der Waals surface area (Å²) in [5.41, 5.74) is -0.303. The van der Waals surface area contributed by atoms with Crippen molar-refractivity contribution in [2.75, 3.05) is 13.2 Å². The van der Waals surface area contributed by atoms with E-state index in [1.807, 2.05) is 37.3 Å². The molecule has 0 bridgehead atoms. The predicted molar refractivity (Wildman–Crippen MR) is 131 cm³/mol. The van der Waals surface area contributed by atoms with Crippen LogP contribution in [-0.2, 0) is 23.8 Å². The van der Waals surface area contributed by atoms with Crippen LogP contribution in [0, 0.1) is 16.7 Å². The molecular formula is C29H36O6. The molecule has 0 aromatic heterocycles. The van der Waals surface area contributed by atoms with Gasteiger partial charge in [-0.05, 0) is 55.7 Å². The van der Waals surface area contributed by atoms with E-state index in [1.54, 1.807) is 12.2 Å². The molecule has 3 fully saturated rings. The second-order valence-electron chi connectivity index (χ2n) is 11.5. The lowest BCUT2D eigenvalue weighted by Gasteiger charge is -2.64. The van der Waals surface area contributed by atoms with E-state index in [0.717, 1.165) is 36.8 Å². The molecule has 35 heavy (non-hydrogen) atoms. The van der Waals surface area contributed by atoms with Crippen molar-refractivity contribution in [2.24, 2.45) is 16.7 Å². The molecule has 0 unspecified atom stereocenters. The van der Waals surface area contributed by atoms with Crippen molar-refractivity contribution in [3.05, 3.63) is 53.6 Å². The number of ether oxygens (including phenoxy) is 3. The molecule has 2 heterocycles. The van der Waals surface area contributed by atoms with Crippen LogP contribution in [0.4, 0.5) is 0 Å². The Morgan fingerprint density at radius 3 is 2.63 bits per heavy atom. The summed E-state index contributed by atoms with van der Waals surface area (Å²) in [6.07, 6.45) is 9.04. The molecule has 4 aliphatic rings. The normalized spacial score (nSPS) is 40.3. The Balaban J connectivity index is 1.42. The minimum Gasteiger partial charge on any atom is -0.458 e. The van der Waals surface area contributed by atoms with Crippen LogP contribution >= 0.6 is 0 Å². The fraction of sp³-hybridized carbons (Fsp3) is 0.586. The third-order valence-electron chi connectivity index (χ3n) is 9.68. The number of esters is 2. The van der Waals surface area contributed by atoms with Crippen molar-refractivity contribution in [2.45, 2.75) is 76.6 Å². The van der Waals surface area contributed by atoms with Gasteiger partial charge in [-0.25, -0.2) is 9.59 Å². The highest BCUT2D eigenvalue weighted by molar-refractivity contribution is 5.87. The molecule has 1 N–H and O–H groups in total. The Bertz CT molecular complexity index is 1050. The zero-order valence-electron chi connectivity index (χ0n) is 20.9. The lowest BCUT2D eigenvalue weighted by atomic mass is 9.42. The fourth-order valence-electron chi connectivity index (χ4n) is 7.19. The average molecular weight is 481 g/mol. The van der Waals surface area contributed by atoms with Crippen molar-refractivity contribution in [3.63, 3.8) is 0 Å². The molecule has 6 atom stereocenters. The SMILES string of the molecule is C[C@@]12[C@@H](OC(=O)/C=C/c3ccccc3)C[C@](C)(O)[C@@](C)(CCC3=CC(=O)OC3)[C@H]1CCC[C@]21CO1. The summed E-state index contributed by atoms with van der Waals surface area (Å²) in [6.45, 7) is 7.26. The quantitative estimate of drug-likeness (QED) is 0.364. The van der Waals surface area contributed by atoms with Crippen LogP contribution in [0.5, 0.6) is 0 Å². The number of hydrogen-bond acceptors (Lipinski definition) is 6. The van der Waals surface area contributed by atoms with Gasteiger partial charge in [-0.1, -0.05) is 50.6 Å². The third kappa shape index (κ3) is 4.05. The summed E-state index contributed by atoms with van der Waals surface area (Å²) in [7, 11) is 0. The number of cyclic esters (lactones) is 1. The molecule has 6 nitrogen and oxygen atoms in total. The topological polar surface area (TPSA) is 85.4 Å². The molecule has 2 saturated carbocycles. The van der Waals surface area contributed by atoms with Gasteiger partial charge < -0.3 is 19.3 Å². The number of fused-ring (bicyclic) bond motifs is 2. The van der Waals surface area contributed by atoms with Crippen molar-refractivity contribution >= 4 is 18.0 Å². The van der Waals surface area contributed by atoms with Crippen LogP contribution in [0.15, 0.2) is 48.1 Å². The van der Waals surface area contributed by atoms with Gasteiger partial charge in [0.2, 0.25) is 0 Å². The Kier molecular flexibility index (Phi) is 5.96. The number of epoxide rings is 1. The van der Waals surface area contributed by atoms with Gasteiger partial charge in [-0.3, -0.25) is 0 Å². The number of carbonyl (C=O) groups is 2. The van der Waals surface area contributed by atoms with E-state index in [2.05, 4.69) is 13.8 Å². The monoisotopic (exact) mass is 480 g/mol. The average Bonchev–Trinajstić information content (AvgIpc) is 3.49. The second kappa shape index (κ2) is 8.59. The zero-order valence-corrected chi connectivity index (χ0v) is 20.9. The molecular weight excluding hydrogens is 444 g/mol. The Labute approximate surface area is 207 Å². The van der Waals surface area contributed by atoms with Crippen LogP contribution in [0.1, 0.15) is 64.9 Å². The summed E-state index contributed by atoms with van der Waals surface area (Å²) in [5.74, 6) is -0.583. The molecule has 0 amide bonds. The highest BCUT2D eigenvalue weighted by Gasteiger charge is 2.74. The summed E-state index contributed by atoms with van der Waals surface area (Å²) in [4.78, 5) is 24.5. The highest BCUT2D eigenvalue weighted by atomic mass is 16.6. The number of benzene rings is 1. The molecule has 1 aromatic rings. The Hall–Kier alpha value is -2.44. The van der Waals surface area contributed by atoms with E-state index in [9.17, 15) is 14.7 Å². The Morgan fingerprint density at radius 1 is 1.23 bits per heavy atom. The van der Waals surface area contributed by atoms with E-state index in [0.29, 0.717) is 26.1 Å². The van der Waals surface area contributed by atoms with Crippen LogP contribution in [0.25, 0.3) is 6.08 Å². The number of rotatable bonds is 6.